The van der Waals surface area contributed by atoms with Gasteiger partial charge in [-0.3, -0.25) is 0 Å². The topological polar surface area (TPSA) is 95.7 Å². The molecule has 2 aromatic heterocycles. The van der Waals surface area contributed by atoms with E-state index in [0.29, 0.717) is 43.7 Å². The largest absolute Gasteiger partial charge is 0.449 e. The van der Waals surface area contributed by atoms with E-state index in [2.05, 4.69) is 15.0 Å². The van der Waals surface area contributed by atoms with Crippen LogP contribution in [0.25, 0.3) is 11.3 Å². The summed E-state index contributed by atoms with van der Waals surface area (Å²) in [6.45, 7) is 5.52. The van der Waals surface area contributed by atoms with Gasteiger partial charge in [0.25, 0.3) is 0 Å². The van der Waals surface area contributed by atoms with Crippen molar-refractivity contribution in [3.05, 3.63) is 48.2 Å². The first-order chi connectivity index (χ1) is 14.7. The number of benzene rings is 1. The molecular formula is C21H26N6O3S. The minimum atomic E-state index is -3.58. The summed E-state index contributed by atoms with van der Waals surface area (Å²) in [6.07, 6.45) is 1.56. The number of aryl methyl sites for hydroxylation is 2. The molecule has 0 bridgehead atoms. The molecule has 0 atom stereocenters. The third-order valence-corrected chi connectivity index (χ3v) is 7.13. The molecule has 0 unspecified atom stereocenters. The second-order valence-electron chi connectivity index (χ2n) is 7.73. The third kappa shape index (κ3) is 4.40. The molecular weight excluding hydrogens is 416 g/mol. The third-order valence-electron chi connectivity index (χ3n) is 5.22. The zero-order chi connectivity index (χ0) is 22.2. The molecule has 1 fully saturated rings. The summed E-state index contributed by atoms with van der Waals surface area (Å²) in [7, 11) is 0.294. The van der Waals surface area contributed by atoms with Crippen molar-refractivity contribution in [1.29, 1.82) is 0 Å². The van der Waals surface area contributed by atoms with E-state index in [9.17, 15) is 8.42 Å². The van der Waals surface area contributed by atoms with Crippen molar-refractivity contribution in [2.24, 2.45) is 0 Å². The Morgan fingerprint density at radius 3 is 2.23 bits per heavy atom. The molecule has 0 saturated carbocycles. The lowest BCUT2D eigenvalue weighted by molar-refractivity contribution is 0.382. The Labute approximate surface area is 182 Å². The predicted octanol–water partition coefficient (Wildman–Crippen LogP) is 2.33. The van der Waals surface area contributed by atoms with Gasteiger partial charge in [0.15, 0.2) is 5.89 Å². The van der Waals surface area contributed by atoms with Gasteiger partial charge in [0.1, 0.15) is 17.8 Å². The minimum absolute atomic E-state index is 0.270. The van der Waals surface area contributed by atoms with Gasteiger partial charge in [-0.1, -0.05) is 12.1 Å². The van der Waals surface area contributed by atoms with Crippen LogP contribution in [0.3, 0.4) is 0 Å². The standard InChI is InChI=1S/C21H26N6O3S/c1-15-13-20(25(3)4)24-21(22-15)26-9-11-27(12-10-26)31(28,29)18-7-5-17(6-8-18)19-14-30-16(2)23-19/h5-8,13-14H,9-12H2,1-4H3. The van der Waals surface area contributed by atoms with E-state index in [1.165, 1.54) is 4.31 Å². The summed E-state index contributed by atoms with van der Waals surface area (Å²) >= 11 is 0. The molecule has 1 aliphatic heterocycles. The molecule has 1 aliphatic rings. The molecule has 9 nitrogen and oxygen atoms in total. The van der Waals surface area contributed by atoms with Crippen LogP contribution in [-0.4, -0.2) is 67.9 Å². The van der Waals surface area contributed by atoms with Crippen molar-refractivity contribution in [3.8, 4) is 11.3 Å². The first-order valence-corrected chi connectivity index (χ1v) is 11.5. The zero-order valence-electron chi connectivity index (χ0n) is 18.1. The summed E-state index contributed by atoms with van der Waals surface area (Å²) in [4.78, 5) is 17.6. The Hall–Kier alpha value is -2.98. The van der Waals surface area contributed by atoms with Gasteiger partial charge in [-0.15, -0.1) is 0 Å². The summed E-state index contributed by atoms with van der Waals surface area (Å²) in [5.74, 6) is 2.04. The van der Waals surface area contributed by atoms with Crippen LogP contribution in [0.2, 0.25) is 0 Å². The van der Waals surface area contributed by atoms with Gasteiger partial charge < -0.3 is 14.2 Å². The van der Waals surface area contributed by atoms with Crippen LogP contribution in [0.4, 0.5) is 11.8 Å². The van der Waals surface area contributed by atoms with Crippen molar-refractivity contribution in [3.63, 3.8) is 0 Å². The van der Waals surface area contributed by atoms with E-state index in [0.717, 1.165) is 17.1 Å². The highest BCUT2D eigenvalue weighted by Crippen LogP contribution is 2.24. The van der Waals surface area contributed by atoms with Crippen molar-refractivity contribution >= 4 is 21.8 Å². The molecule has 0 aliphatic carbocycles. The van der Waals surface area contributed by atoms with Crippen LogP contribution >= 0.6 is 0 Å². The monoisotopic (exact) mass is 442 g/mol. The lowest BCUT2D eigenvalue weighted by atomic mass is 10.2. The Bertz CT molecular complexity index is 1170. The highest BCUT2D eigenvalue weighted by molar-refractivity contribution is 7.89. The number of hydrogen-bond donors (Lipinski definition) is 0. The fourth-order valence-electron chi connectivity index (χ4n) is 3.48. The van der Waals surface area contributed by atoms with Crippen molar-refractivity contribution < 1.29 is 12.8 Å². The Kier molecular flexibility index (Phi) is 5.67. The number of nitrogens with zero attached hydrogens (tertiary/aromatic N) is 6. The van der Waals surface area contributed by atoms with Gasteiger partial charge in [-0.25, -0.2) is 18.4 Å². The number of sulfonamides is 1. The second-order valence-corrected chi connectivity index (χ2v) is 9.67. The van der Waals surface area contributed by atoms with E-state index < -0.39 is 10.0 Å². The number of piperazine rings is 1. The highest BCUT2D eigenvalue weighted by atomic mass is 32.2. The maximum atomic E-state index is 13.1. The van der Waals surface area contributed by atoms with Crippen LogP contribution in [0.15, 0.2) is 45.9 Å². The average Bonchev–Trinajstić information content (AvgIpc) is 3.20. The second kappa shape index (κ2) is 8.27. The molecule has 1 saturated heterocycles. The highest BCUT2D eigenvalue weighted by Gasteiger charge is 2.29. The Morgan fingerprint density at radius 2 is 1.65 bits per heavy atom. The van der Waals surface area contributed by atoms with Crippen molar-refractivity contribution in [1.82, 2.24) is 19.3 Å². The number of anilines is 2. The van der Waals surface area contributed by atoms with Crippen LogP contribution in [-0.2, 0) is 10.0 Å². The molecule has 4 rings (SSSR count). The van der Waals surface area contributed by atoms with Gasteiger partial charge >= 0.3 is 0 Å². The summed E-state index contributed by atoms with van der Waals surface area (Å²) in [5.41, 5.74) is 2.38. The summed E-state index contributed by atoms with van der Waals surface area (Å²) in [5, 5.41) is 0. The van der Waals surface area contributed by atoms with Crippen molar-refractivity contribution in [2.75, 3.05) is 50.1 Å². The van der Waals surface area contributed by atoms with E-state index in [4.69, 9.17) is 4.42 Å². The van der Waals surface area contributed by atoms with Gasteiger partial charge in [-0.2, -0.15) is 9.29 Å². The molecule has 3 heterocycles. The molecule has 0 spiro atoms. The normalized spacial score (nSPS) is 15.3. The quantitative estimate of drug-likeness (QED) is 0.594. The maximum Gasteiger partial charge on any atom is 0.243 e. The lowest BCUT2D eigenvalue weighted by Crippen LogP contribution is -2.49. The SMILES string of the molecule is Cc1cc(N(C)C)nc(N2CCN(S(=O)(=O)c3ccc(-c4coc(C)n4)cc3)CC2)n1. The van der Waals surface area contributed by atoms with Gasteiger partial charge in [0.2, 0.25) is 16.0 Å². The molecule has 31 heavy (non-hydrogen) atoms. The van der Waals surface area contributed by atoms with E-state index >= 15 is 0 Å². The van der Waals surface area contributed by atoms with E-state index in [1.54, 1.807) is 37.5 Å². The van der Waals surface area contributed by atoms with Crippen molar-refractivity contribution in [2.45, 2.75) is 18.7 Å². The lowest BCUT2D eigenvalue weighted by Gasteiger charge is -2.34. The summed E-state index contributed by atoms with van der Waals surface area (Å²) < 4.78 is 33.0. The predicted molar refractivity (Wildman–Crippen MR) is 119 cm³/mol. The number of aromatic nitrogens is 3. The first-order valence-electron chi connectivity index (χ1n) is 10.0. The first kappa shape index (κ1) is 21.3. The number of oxazole rings is 1. The number of rotatable bonds is 5. The van der Waals surface area contributed by atoms with Gasteiger partial charge in [0, 0.05) is 64.5 Å². The average molecular weight is 443 g/mol. The fraction of sp³-hybridized carbons (Fsp3) is 0.381. The van der Waals surface area contributed by atoms with Gasteiger partial charge in [0.05, 0.1) is 4.90 Å². The number of hydrogen-bond acceptors (Lipinski definition) is 8. The molecule has 1 aromatic carbocycles. The fourth-order valence-corrected chi connectivity index (χ4v) is 4.90. The Balaban J connectivity index is 1.47. The van der Waals surface area contributed by atoms with Crippen LogP contribution < -0.4 is 9.80 Å². The minimum Gasteiger partial charge on any atom is -0.449 e. The van der Waals surface area contributed by atoms with Crippen LogP contribution in [0.5, 0.6) is 0 Å². The smallest absolute Gasteiger partial charge is 0.243 e. The van der Waals surface area contributed by atoms with E-state index in [-0.39, 0.29) is 4.90 Å². The van der Waals surface area contributed by atoms with Gasteiger partial charge in [-0.05, 0) is 19.1 Å². The summed E-state index contributed by atoms with van der Waals surface area (Å²) in [6, 6.07) is 8.67. The van der Waals surface area contributed by atoms with Crippen LogP contribution in [0.1, 0.15) is 11.6 Å². The molecule has 0 amide bonds. The molecule has 3 aromatic rings. The van der Waals surface area contributed by atoms with Crippen LogP contribution in [0, 0.1) is 13.8 Å². The molecule has 0 N–H and O–H groups in total. The van der Waals surface area contributed by atoms with E-state index in [1.807, 2.05) is 36.9 Å². The molecule has 10 heteroatoms. The molecule has 164 valence electrons. The Morgan fingerprint density at radius 1 is 0.968 bits per heavy atom. The zero-order valence-corrected chi connectivity index (χ0v) is 18.9. The maximum absolute atomic E-state index is 13.1. The molecule has 0 radical (unpaired) electrons.